The Kier molecular flexibility index (Phi) is 6.43. The lowest BCUT2D eigenvalue weighted by molar-refractivity contribution is -0.117. The Morgan fingerprint density at radius 1 is 1.21 bits per heavy atom. The van der Waals surface area contributed by atoms with Crippen molar-refractivity contribution in [1.29, 1.82) is 5.26 Å². The van der Waals surface area contributed by atoms with Gasteiger partial charge in [0.25, 0.3) is 0 Å². The van der Waals surface area contributed by atoms with Gasteiger partial charge in [0.15, 0.2) is 11.5 Å². The molecule has 3 aromatic rings. The smallest absolute Gasteiger partial charge is 0.239 e. The second-order valence-electron chi connectivity index (χ2n) is 8.20. The van der Waals surface area contributed by atoms with Crippen LogP contribution < -0.4 is 14.8 Å². The van der Waals surface area contributed by atoms with Gasteiger partial charge in [0.1, 0.15) is 17.6 Å². The van der Waals surface area contributed by atoms with E-state index in [0.29, 0.717) is 30.2 Å². The van der Waals surface area contributed by atoms with Crippen LogP contribution in [0.4, 0.5) is 5.82 Å². The molecule has 0 unspecified atom stereocenters. The third-order valence-corrected chi connectivity index (χ3v) is 6.26. The monoisotopic (exact) mass is 448 g/mol. The van der Waals surface area contributed by atoms with Crippen molar-refractivity contribution < 1.29 is 18.7 Å². The Balaban J connectivity index is 1.51. The van der Waals surface area contributed by atoms with Crippen molar-refractivity contribution in [2.45, 2.75) is 33.4 Å². The lowest BCUT2D eigenvalue weighted by Crippen LogP contribution is -2.37. The van der Waals surface area contributed by atoms with E-state index in [-0.39, 0.29) is 12.5 Å². The fraction of sp³-hybridized carbons (Fsp3) is 0.360. The van der Waals surface area contributed by atoms with Gasteiger partial charge in [-0.15, -0.1) is 0 Å². The van der Waals surface area contributed by atoms with Crippen molar-refractivity contribution in [3.63, 3.8) is 0 Å². The SMILES string of the molecule is COc1cc2c(cc1OC)CN(CC(=O)Nc1c(C#N)c(C)c(C)n1Cc1ccco1)CC2. The summed E-state index contributed by atoms with van der Waals surface area (Å²) in [6.45, 7) is 5.90. The normalized spacial score (nSPS) is 13.3. The minimum atomic E-state index is -0.159. The lowest BCUT2D eigenvalue weighted by atomic mass is 9.99. The molecule has 172 valence electrons. The molecule has 2 aromatic heterocycles. The number of rotatable bonds is 7. The molecule has 4 rings (SSSR count). The molecule has 1 aliphatic heterocycles. The molecule has 1 aliphatic rings. The number of nitriles is 1. The third-order valence-electron chi connectivity index (χ3n) is 6.26. The first kappa shape index (κ1) is 22.5. The van der Waals surface area contributed by atoms with Gasteiger partial charge in [0.05, 0.1) is 39.1 Å². The first-order chi connectivity index (χ1) is 15.9. The second-order valence-corrected chi connectivity index (χ2v) is 8.20. The number of hydrogen-bond donors (Lipinski definition) is 1. The highest BCUT2D eigenvalue weighted by Crippen LogP contribution is 2.33. The highest BCUT2D eigenvalue weighted by molar-refractivity contribution is 5.93. The topological polar surface area (TPSA) is 92.7 Å². The number of carbonyl (C=O) groups excluding carboxylic acids is 1. The van der Waals surface area contributed by atoms with E-state index in [9.17, 15) is 10.1 Å². The number of hydrogen-bond acceptors (Lipinski definition) is 6. The third kappa shape index (κ3) is 4.45. The number of furan rings is 1. The molecule has 0 atom stereocenters. The van der Waals surface area contributed by atoms with Gasteiger partial charge in [0.2, 0.25) is 5.91 Å². The number of ether oxygens (including phenoxy) is 2. The number of amides is 1. The number of methoxy groups -OCH3 is 2. The van der Waals surface area contributed by atoms with Crippen LogP contribution in [0.5, 0.6) is 11.5 Å². The molecular weight excluding hydrogens is 420 g/mol. The van der Waals surface area contributed by atoms with Crippen LogP contribution >= 0.6 is 0 Å². The highest BCUT2D eigenvalue weighted by Gasteiger charge is 2.24. The molecule has 1 aromatic carbocycles. The van der Waals surface area contributed by atoms with Crippen molar-refractivity contribution in [2.24, 2.45) is 0 Å². The Morgan fingerprint density at radius 2 is 1.94 bits per heavy atom. The van der Waals surface area contributed by atoms with E-state index in [1.54, 1.807) is 20.5 Å². The van der Waals surface area contributed by atoms with Crippen LogP contribution in [-0.2, 0) is 24.3 Å². The summed E-state index contributed by atoms with van der Waals surface area (Å²) in [6, 6.07) is 9.93. The fourth-order valence-corrected chi connectivity index (χ4v) is 4.34. The van der Waals surface area contributed by atoms with E-state index in [4.69, 9.17) is 13.9 Å². The quantitative estimate of drug-likeness (QED) is 0.593. The van der Waals surface area contributed by atoms with Crippen LogP contribution in [0, 0.1) is 25.2 Å². The summed E-state index contributed by atoms with van der Waals surface area (Å²) in [5.74, 6) is 2.51. The molecule has 0 fully saturated rings. The van der Waals surface area contributed by atoms with Crippen LogP contribution in [0.25, 0.3) is 0 Å². The van der Waals surface area contributed by atoms with Crippen LogP contribution in [0.1, 0.15) is 33.7 Å². The van der Waals surface area contributed by atoms with Crippen LogP contribution in [0.15, 0.2) is 34.9 Å². The zero-order valence-corrected chi connectivity index (χ0v) is 19.4. The molecule has 1 amide bonds. The molecule has 0 spiro atoms. The zero-order chi connectivity index (χ0) is 23.5. The summed E-state index contributed by atoms with van der Waals surface area (Å²) in [5.41, 5.74) is 4.58. The van der Waals surface area contributed by atoms with Crippen LogP contribution in [0.3, 0.4) is 0 Å². The van der Waals surface area contributed by atoms with E-state index in [1.165, 1.54) is 5.56 Å². The number of aromatic nitrogens is 1. The van der Waals surface area contributed by atoms with Crippen molar-refractivity contribution in [1.82, 2.24) is 9.47 Å². The molecular formula is C25H28N4O4. The first-order valence-corrected chi connectivity index (χ1v) is 10.8. The summed E-state index contributed by atoms with van der Waals surface area (Å²) < 4.78 is 18.2. The molecule has 1 N–H and O–H groups in total. The zero-order valence-electron chi connectivity index (χ0n) is 19.4. The average Bonchev–Trinajstić information content (AvgIpc) is 3.40. The molecule has 0 saturated carbocycles. The summed E-state index contributed by atoms with van der Waals surface area (Å²) in [5, 5.41) is 12.7. The van der Waals surface area contributed by atoms with Crippen molar-refractivity contribution in [3.8, 4) is 17.6 Å². The minimum Gasteiger partial charge on any atom is -0.493 e. The largest absolute Gasteiger partial charge is 0.493 e. The van der Waals surface area contributed by atoms with E-state index in [0.717, 1.165) is 41.3 Å². The summed E-state index contributed by atoms with van der Waals surface area (Å²) in [7, 11) is 3.25. The molecule has 8 nitrogen and oxygen atoms in total. The van der Waals surface area contributed by atoms with Crippen molar-refractivity contribution in [3.05, 3.63) is 64.2 Å². The van der Waals surface area contributed by atoms with Crippen molar-refractivity contribution in [2.75, 3.05) is 32.6 Å². The number of anilines is 1. The number of fused-ring (bicyclic) bond motifs is 1. The average molecular weight is 449 g/mol. The number of carbonyl (C=O) groups is 1. The fourth-order valence-electron chi connectivity index (χ4n) is 4.34. The van der Waals surface area contributed by atoms with Crippen molar-refractivity contribution >= 4 is 11.7 Å². The standard InChI is InChI=1S/C25H28N4O4/c1-16-17(2)29(14-20-6-5-9-33-20)25(21(16)12-26)27-24(30)15-28-8-7-18-10-22(31-3)23(32-4)11-19(18)13-28/h5-6,9-11H,7-8,13-15H2,1-4H3,(H,27,30). The number of benzene rings is 1. The lowest BCUT2D eigenvalue weighted by Gasteiger charge is -2.29. The predicted octanol–water partition coefficient (Wildman–Crippen LogP) is 3.63. The molecule has 0 radical (unpaired) electrons. The summed E-state index contributed by atoms with van der Waals surface area (Å²) in [4.78, 5) is 15.1. The van der Waals surface area contributed by atoms with Gasteiger partial charge >= 0.3 is 0 Å². The minimum absolute atomic E-state index is 0.159. The van der Waals surface area contributed by atoms with Gasteiger partial charge in [0, 0.05) is 18.8 Å². The second kappa shape index (κ2) is 9.43. The van der Waals surface area contributed by atoms with E-state index in [1.807, 2.05) is 42.7 Å². The molecule has 33 heavy (non-hydrogen) atoms. The highest BCUT2D eigenvalue weighted by atomic mass is 16.5. The maximum Gasteiger partial charge on any atom is 0.239 e. The van der Waals surface area contributed by atoms with Gasteiger partial charge in [-0.05, 0) is 61.2 Å². The molecule has 8 heteroatoms. The van der Waals surface area contributed by atoms with Gasteiger partial charge < -0.3 is 23.8 Å². The maximum absolute atomic E-state index is 13.0. The molecule has 0 bridgehead atoms. The van der Waals surface area contributed by atoms with Crippen LogP contribution in [-0.4, -0.2) is 42.7 Å². The number of nitrogens with zero attached hydrogens (tertiary/aromatic N) is 3. The van der Waals surface area contributed by atoms with Gasteiger partial charge in [-0.3, -0.25) is 9.69 Å². The van der Waals surface area contributed by atoms with Gasteiger partial charge in [-0.1, -0.05) is 0 Å². The van der Waals surface area contributed by atoms with Gasteiger partial charge in [-0.2, -0.15) is 5.26 Å². The Morgan fingerprint density at radius 3 is 2.58 bits per heavy atom. The Labute approximate surface area is 193 Å². The summed E-state index contributed by atoms with van der Waals surface area (Å²) in [6.07, 6.45) is 2.43. The molecule has 0 aliphatic carbocycles. The maximum atomic E-state index is 13.0. The van der Waals surface area contributed by atoms with Gasteiger partial charge in [-0.25, -0.2) is 0 Å². The molecule has 3 heterocycles. The van der Waals surface area contributed by atoms with E-state index in [2.05, 4.69) is 16.3 Å². The van der Waals surface area contributed by atoms with E-state index < -0.39 is 0 Å². The number of nitrogens with one attached hydrogen (secondary N) is 1. The van der Waals surface area contributed by atoms with Crippen LogP contribution in [0.2, 0.25) is 0 Å². The molecule has 0 saturated heterocycles. The Bertz CT molecular complexity index is 1200. The Hall–Kier alpha value is -3.70. The van der Waals surface area contributed by atoms with E-state index >= 15 is 0 Å². The predicted molar refractivity (Wildman–Crippen MR) is 124 cm³/mol. The first-order valence-electron chi connectivity index (χ1n) is 10.8. The summed E-state index contributed by atoms with van der Waals surface area (Å²) >= 11 is 0.